The highest BCUT2D eigenvalue weighted by atomic mass is 16.3. The second-order valence-corrected chi connectivity index (χ2v) is 5.34. The van der Waals surface area contributed by atoms with Crippen molar-refractivity contribution >= 4 is 0 Å². The first-order chi connectivity index (χ1) is 7.27. The van der Waals surface area contributed by atoms with Gasteiger partial charge in [0.25, 0.3) is 0 Å². The molecule has 2 nitrogen and oxygen atoms in total. The third kappa shape index (κ3) is 2.21. The Bertz CT molecular complexity index is 199. The summed E-state index contributed by atoms with van der Waals surface area (Å²) in [6.45, 7) is 3.32. The van der Waals surface area contributed by atoms with Crippen LogP contribution in [-0.2, 0) is 0 Å². The monoisotopic (exact) mass is 211 g/mol. The smallest absolute Gasteiger partial charge is 0.0827 e. The van der Waals surface area contributed by atoms with Crippen molar-refractivity contribution in [2.75, 3.05) is 6.54 Å². The van der Waals surface area contributed by atoms with E-state index in [4.69, 9.17) is 0 Å². The zero-order chi connectivity index (χ0) is 10.7. The molecule has 0 aromatic rings. The van der Waals surface area contributed by atoms with Crippen LogP contribution in [0.2, 0.25) is 0 Å². The summed E-state index contributed by atoms with van der Waals surface area (Å²) in [5.41, 5.74) is -0.390. The third-order valence-electron chi connectivity index (χ3n) is 4.49. The lowest BCUT2D eigenvalue weighted by Gasteiger charge is -2.37. The van der Waals surface area contributed by atoms with Crippen molar-refractivity contribution in [2.24, 2.45) is 5.92 Å². The lowest BCUT2D eigenvalue weighted by Crippen LogP contribution is -2.52. The summed E-state index contributed by atoms with van der Waals surface area (Å²) < 4.78 is 0. The van der Waals surface area contributed by atoms with Gasteiger partial charge in [-0.05, 0) is 38.1 Å². The van der Waals surface area contributed by atoms with Crippen LogP contribution in [0.25, 0.3) is 0 Å². The van der Waals surface area contributed by atoms with E-state index < -0.39 is 0 Å². The van der Waals surface area contributed by atoms with E-state index in [1.807, 2.05) is 0 Å². The van der Waals surface area contributed by atoms with Gasteiger partial charge < -0.3 is 10.4 Å². The molecule has 3 unspecified atom stereocenters. The standard InChI is InChI=1S/C13H25NO/c1-2-11-7-6-9-13(11,15)12-8-4-3-5-10-14-12/h11-12,14-15H,2-10H2,1H3. The van der Waals surface area contributed by atoms with Crippen LogP contribution in [0.15, 0.2) is 0 Å². The number of hydrogen-bond acceptors (Lipinski definition) is 2. The predicted octanol–water partition coefficient (Wildman–Crippen LogP) is 2.46. The van der Waals surface area contributed by atoms with Crippen molar-refractivity contribution in [3.05, 3.63) is 0 Å². The summed E-state index contributed by atoms with van der Waals surface area (Å²) in [6, 6.07) is 0.368. The summed E-state index contributed by atoms with van der Waals surface area (Å²) in [5, 5.41) is 14.4. The average molecular weight is 211 g/mol. The Morgan fingerprint density at radius 2 is 2.07 bits per heavy atom. The Morgan fingerprint density at radius 1 is 1.20 bits per heavy atom. The second-order valence-electron chi connectivity index (χ2n) is 5.34. The molecule has 0 aromatic carbocycles. The molecule has 1 heterocycles. The minimum absolute atomic E-state index is 0.368. The predicted molar refractivity (Wildman–Crippen MR) is 62.8 cm³/mol. The zero-order valence-electron chi connectivity index (χ0n) is 9.97. The first kappa shape index (κ1) is 11.4. The number of nitrogens with one attached hydrogen (secondary N) is 1. The van der Waals surface area contributed by atoms with Crippen molar-refractivity contribution in [1.82, 2.24) is 5.32 Å². The molecule has 15 heavy (non-hydrogen) atoms. The Kier molecular flexibility index (Phi) is 3.68. The van der Waals surface area contributed by atoms with Crippen molar-refractivity contribution in [2.45, 2.75) is 69.9 Å². The lowest BCUT2D eigenvalue weighted by molar-refractivity contribution is -0.0349. The van der Waals surface area contributed by atoms with Crippen LogP contribution < -0.4 is 5.32 Å². The molecule has 1 aliphatic carbocycles. The first-order valence-electron chi connectivity index (χ1n) is 6.73. The minimum Gasteiger partial charge on any atom is -0.388 e. The van der Waals surface area contributed by atoms with Gasteiger partial charge in [0.15, 0.2) is 0 Å². The van der Waals surface area contributed by atoms with E-state index >= 15 is 0 Å². The molecule has 88 valence electrons. The van der Waals surface area contributed by atoms with E-state index in [1.165, 1.54) is 38.5 Å². The van der Waals surface area contributed by atoms with Gasteiger partial charge in [-0.25, -0.2) is 0 Å². The SMILES string of the molecule is CCC1CCCC1(O)C1CCCCCN1. The van der Waals surface area contributed by atoms with E-state index in [0.29, 0.717) is 12.0 Å². The highest BCUT2D eigenvalue weighted by molar-refractivity contribution is 5.00. The lowest BCUT2D eigenvalue weighted by atomic mass is 9.80. The highest BCUT2D eigenvalue weighted by Crippen LogP contribution is 2.41. The summed E-state index contributed by atoms with van der Waals surface area (Å²) in [6.07, 6.45) is 9.67. The molecule has 2 N–H and O–H groups in total. The molecule has 1 saturated carbocycles. The molecular formula is C13H25NO. The maximum Gasteiger partial charge on any atom is 0.0827 e. The van der Waals surface area contributed by atoms with Gasteiger partial charge in [0.05, 0.1) is 5.60 Å². The highest BCUT2D eigenvalue weighted by Gasteiger charge is 2.45. The van der Waals surface area contributed by atoms with E-state index in [2.05, 4.69) is 12.2 Å². The van der Waals surface area contributed by atoms with E-state index in [1.54, 1.807) is 0 Å². The zero-order valence-corrected chi connectivity index (χ0v) is 9.97. The Hall–Kier alpha value is -0.0800. The molecule has 2 fully saturated rings. The van der Waals surface area contributed by atoms with Crippen LogP contribution in [0, 0.1) is 5.92 Å². The molecular weight excluding hydrogens is 186 g/mol. The molecule has 0 spiro atoms. The molecule has 2 heteroatoms. The molecule has 0 radical (unpaired) electrons. The van der Waals surface area contributed by atoms with Gasteiger partial charge in [-0.3, -0.25) is 0 Å². The summed E-state index contributed by atoms with van der Waals surface area (Å²) in [7, 11) is 0. The van der Waals surface area contributed by atoms with Gasteiger partial charge >= 0.3 is 0 Å². The van der Waals surface area contributed by atoms with Gasteiger partial charge in [0, 0.05) is 6.04 Å². The summed E-state index contributed by atoms with van der Waals surface area (Å²) in [4.78, 5) is 0. The molecule has 0 aromatic heterocycles. The van der Waals surface area contributed by atoms with E-state index in [0.717, 1.165) is 19.4 Å². The number of hydrogen-bond donors (Lipinski definition) is 2. The van der Waals surface area contributed by atoms with E-state index in [-0.39, 0.29) is 5.60 Å². The Labute approximate surface area is 93.5 Å². The molecule has 1 aliphatic heterocycles. The van der Waals surface area contributed by atoms with Crippen LogP contribution in [0.4, 0.5) is 0 Å². The Morgan fingerprint density at radius 3 is 2.87 bits per heavy atom. The summed E-state index contributed by atoms with van der Waals surface area (Å²) in [5.74, 6) is 0.535. The van der Waals surface area contributed by atoms with Gasteiger partial charge in [-0.15, -0.1) is 0 Å². The van der Waals surface area contributed by atoms with Gasteiger partial charge in [-0.1, -0.05) is 32.6 Å². The quantitative estimate of drug-likeness (QED) is 0.735. The van der Waals surface area contributed by atoms with Crippen LogP contribution in [0.1, 0.15) is 58.3 Å². The fraction of sp³-hybridized carbons (Fsp3) is 1.00. The van der Waals surface area contributed by atoms with E-state index in [9.17, 15) is 5.11 Å². The maximum atomic E-state index is 10.8. The average Bonchev–Trinajstić information content (AvgIpc) is 2.49. The van der Waals surface area contributed by atoms with Gasteiger partial charge in [-0.2, -0.15) is 0 Å². The van der Waals surface area contributed by atoms with Gasteiger partial charge in [0.2, 0.25) is 0 Å². The molecule has 3 atom stereocenters. The fourth-order valence-corrected chi connectivity index (χ4v) is 3.56. The van der Waals surface area contributed by atoms with Gasteiger partial charge in [0.1, 0.15) is 0 Å². The van der Waals surface area contributed by atoms with Crippen LogP contribution in [0.3, 0.4) is 0 Å². The second kappa shape index (κ2) is 4.84. The molecule has 2 rings (SSSR count). The van der Waals surface area contributed by atoms with Crippen molar-refractivity contribution in [3.8, 4) is 0 Å². The molecule has 1 saturated heterocycles. The largest absolute Gasteiger partial charge is 0.388 e. The van der Waals surface area contributed by atoms with Crippen molar-refractivity contribution in [1.29, 1.82) is 0 Å². The van der Waals surface area contributed by atoms with Crippen molar-refractivity contribution in [3.63, 3.8) is 0 Å². The fourth-order valence-electron chi connectivity index (χ4n) is 3.56. The molecule has 0 bridgehead atoms. The van der Waals surface area contributed by atoms with Crippen LogP contribution in [0.5, 0.6) is 0 Å². The first-order valence-corrected chi connectivity index (χ1v) is 6.73. The molecule has 0 amide bonds. The minimum atomic E-state index is -0.390. The van der Waals surface area contributed by atoms with Crippen molar-refractivity contribution < 1.29 is 5.11 Å². The summed E-state index contributed by atoms with van der Waals surface area (Å²) >= 11 is 0. The third-order valence-corrected chi connectivity index (χ3v) is 4.49. The van der Waals surface area contributed by atoms with Crippen LogP contribution in [-0.4, -0.2) is 23.3 Å². The number of aliphatic hydroxyl groups is 1. The maximum absolute atomic E-state index is 10.8. The number of rotatable bonds is 2. The topological polar surface area (TPSA) is 32.3 Å². The normalized spacial score (nSPS) is 42.8. The van der Waals surface area contributed by atoms with Crippen LogP contribution >= 0.6 is 0 Å². The Balaban J connectivity index is 2.05. The molecule has 2 aliphatic rings.